The van der Waals surface area contributed by atoms with Gasteiger partial charge in [0.15, 0.2) is 5.82 Å². The number of anilines is 2. The van der Waals surface area contributed by atoms with Gasteiger partial charge in [0.1, 0.15) is 10.8 Å². The Kier molecular flexibility index (Phi) is 7.34. The van der Waals surface area contributed by atoms with E-state index in [0.29, 0.717) is 10.7 Å². The molecule has 0 radical (unpaired) electrons. The molecule has 0 spiro atoms. The Morgan fingerprint density at radius 1 is 1.13 bits per heavy atom. The first kappa shape index (κ1) is 22.4. The zero-order valence-electron chi connectivity index (χ0n) is 16.2. The Bertz CT molecular complexity index is 1010. The molecule has 0 aliphatic rings. The number of hydrogen-bond donors (Lipinski definition) is 2. The summed E-state index contributed by atoms with van der Waals surface area (Å²) in [5.74, 6) is -0.542. The maximum atomic E-state index is 12.3. The summed E-state index contributed by atoms with van der Waals surface area (Å²) in [6, 6.07) is 5.26. The Balaban J connectivity index is 1.44. The first-order valence-electron chi connectivity index (χ1n) is 9.30. The van der Waals surface area contributed by atoms with Crippen LogP contribution in [0.25, 0.3) is 0 Å². The lowest BCUT2D eigenvalue weighted by Gasteiger charge is -2.10. The molecule has 1 amide bonds. The molecule has 0 unspecified atom stereocenters. The van der Waals surface area contributed by atoms with Crippen molar-refractivity contribution in [2.75, 3.05) is 11.1 Å². The fourth-order valence-corrected chi connectivity index (χ4v) is 3.37. The molecule has 1 aromatic carbocycles. The highest BCUT2D eigenvalue weighted by atomic mass is 32.1. The SMILES string of the molecule is Nc1nnc(CCCCc2cnc(NC(=O)Cc3cccc(OC(F)(F)F)c3)cn2)s1. The molecule has 0 saturated carbocycles. The average Bonchev–Trinajstić information content (AvgIpc) is 3.10. The minimum atomic E-state index is -4.79. The summed E-state index contributed by atoms with van der Waals surface area (Å²) in [4.78, 5) is 20.6. The standard InChI is InChI=1S/C19H19F3N6O2S/c20-19(21,22)30-14-6-3-4-12(8-14)9-16(29)26-15-11-24-13(10-25-15)5-1-2-7-17-27-28-18(23)31-17/h3-4,6,8,10-11H,1-2,5,7,9H2,(H2,23,28)(H,25,26,29). The first-order valence-corrected chi connectivity index (χ1v) is 10.1. The van der Waals surface area contributed by atoms with E-state index in [1.165, 1.54) is 35.7 Å². The molecule has 12 heteroatoms. The van der Waals surface area contributed by atoms with E-state index in [0.717, 1.165) is 42.5 Å². The van der Waals surface area contributed by atoms with Gasteiger partial charge < -0.3 is 15.8 Å². The topological polar surface area (TPSA) is 116 Å². The van der Waals surface area contributed by atoms with Gasteiger partial charge in [0, 0.05) is 6.42 Å². The van der Waals surface area contributed by atoms with Gasteiger partial charge in [0.05, 0.1) is 24.5 Å². The molecule has 2 aromatic heterocycles. The zero-order chi connectivity index (χ0) is 22.3. The van der Waals surface area contributed by atoms with Crippen LogP contribution in [0.2, 0.25) is 0 Å². The second-order valence-corrected chi connectivity index (χ2v) is 7.65. The number of rotatable bonds is 9. The van der Waals surface area contributed by atoms with Crippen molar-refractivity contribution in [3.05, 3.63) is 52.9 Å². The number of amides is 1. The van der Waals surface area contributed by atoms with E-state index in [1.54, 1.807) is 6.20 Å². The molecule has 3 aromatic rings. The van der Waals surface area contributed by atoms with Crippen molar-refractivity contribution in [2.24, 2.45) is 0 Å². The van der Waals surface area contributed by atoms with Crippen molar-refractivity contribution in [1.82, 2.24) is 20.2 Å². The quantitative estimate of drug-likeness (QED) is 0.477. The number of unbranched alkanes of at least 4 members (excludes halogenated alkanes) is 1. The fraction of sp³-hybridized carbons (Fsp3) is 0.316. The number of hydrogen-bond acceptors (Lipinski definition) is 8. The monoisotopic (exact) mass is 452 g/mol. The third kappa shape index (κ3) is 7.81. The van der Waals surface area contributed by atoms with E-state index in [2.05, 4.69) is 30.2 Å². The number of ether oxygens (including phenoxy) is 1. The summed E-state index contributed by atoms with van der Waals surface area (Å²) in [5, 5.41) is 11.7. The first-order chi connectivity index (χ1) is 14.8. The second kappa shape index (κ2) is 10.2. The highest BCUT2D eigenvalue weighted by Crippen LogP contribution is 2.23. The number of benzene rings is 1. The number of nitrogens with one attached hydrogen (secondary N) is 1. The van der Waals surface area contributed by atoms with Crippen LogP contribution in [-0.2, 0) is 24.1 Å². The van der Waals surface area contributed by atoms with Crippen molar-refractivity contribution in [3.63, 3.8) is 0 Å². The van der Waals surface area contributed by atoms with Gasteiger partial charge in [0.2, 0.25) is 11.0 Å². The zero-order valence-corrected chi connectivity index (χ0v) is 17.0. The molecule has 0 bridgehead atoms. The highest BCUT2D eigenvalue weighted by molar-refractivity contribution is 7.15. The van der Waals surface area contributed by atoms with Crippen molar-refractivity contribution >= 4 is 28.2 Å². The number of nitrogens with two attached hydrogens (primary N) is 1. The number of nitrogens with zero attached hydrogens (tertiary/aromatic N) is 4. The molecular weight excluding hydrogens is 433 g/mol. The molecule has 0 aliphatic carbocycles. The summed E-state index contributed by atoms with van der Waals surface area (Å²) in [5.41, 5.74) is 6.70. The molecule has 3 N–H and O–H groups in total. The fourth-order valence-electron chi connectivity index (χ4n) is 2.72. The predicted octanol–water partition coefficient (Wildman–Crippen LogP) is 3.56. The molecule has 0 atom stereocenters. The maximum absolute atomic E-state index is 12.3. The molecule has 0 saturated heterocycles. The van der Waals surface area contributed by atoms with E-state index in [-0.39, 0.29) is 18.0 Å². The Labute approximate surface area is 179 Å². The highest BCUT2D eigenvalue weighted by Gasteiger charge is 2.31. The van der Waals surface area contributed by atoms with E-state index < -0.39 is 12.3 Å². The van der Waals surface area contributed by atoms with E-state index >= 15 is 0 Å². The van der Waals surface area contributed by atoms with Crippen LogP contribution in [-0.4, -0.2) is 32.4 Å². The largest absolute Gasteiger partial charge is 0.573 e. The molecule has 2 heterocycles. The second-order valence-electron chi connectivity index (χ2n) is 6.55. The molecule has 3 rings (SSSR count). The van der Waals surface area contributed by atoms with Crippen LogP contribution in [0.5, 0.6) is 5.75 Å². The maximum Gasteiger partial charge on any atom is 0.573 e. The summed E-state index contributed by atoms with van der Waals surface area (Å²) >= 11 is 1.38. The van der Waals surface area contributed by atoms with Crippen LogP contribution >= 0.6 is 11.3 Å². The van der Waals surface area contributed by atoms with Crippen LogP contribution in [0.15, 0.2) is 36.7 Å². The molecule has 31 heavy (non-hydrogen) atoms. The van der Waals surface area contributed by atoms with Gasteiger partial charge in [-0.2, -0.15) is 0 Å². The minimum absolute atomic E-state index is 0.130. The number of aryl methyl sites for hydroxylation is 2. The molecule has 164 valence electrons. The van der Waals surface area contributed by atoms with Crippen molar-refractivity contribution in [3.8, 4) is 5.75 Å². The molecular formula is C19H19F3N6O2S. The van der Waals surface area contributed by atoms with Gasteiger partial charge >= 0.3 is 6.36 Å². The van der Waals surface area contributed by atoms with Gasteiger partial charge in [-0.15, -0.1) is 23.4 Å². The van der Waals surface area contributed by atoms with Crippen LogP contribution in [0.3, 0.4) is 0 Å². The van der Waals surface area contributed by atoms with Gasteiger partial charge in [0.25, 0.3) is 0 Å². The van der Waals surface area contributed by atoms with Crippen molar-refractivity contribution in [1.29, 1.82) is 0 Å². The summed E-state index contributed by atoms with van der Waals surface area (Å²) in [7, 11) is 0. The minimum Gasteiger partial charge on any atom is -0.406 e. The smallest absolute Gasteiger partial charge is 0.406 e. The van der Waals surface area contributed by atoms with Crippen LogP contribution in [0.4, 0.5) is 24.1 Å². The van der Waals surface area contributed by atoms with Gasteiger partial charge in [-0.25, -0.2) is 4.98 Å². The van der Waals surface area contributed by atoms with Crippen LogP contribution < -0.4 is 15.8 Å². The van der Waals surface area contributed by atoms with Gasteiger partial charge in [-0.05, 0) is 37.0 Å². The summed E-state index contributed by atoms with van der Waals surface area (Å²) < 4.78 is 40.8. The van der Waals surface area contributed by atoms with Crippen LogP contribution in [0.1, 0.15) is 29.1 Å². The Hall–Kier alpha value is -3.28. The Morgan fingerprint density at radius 2 is 1.94 bits per heavy atom. The van der Waals surface area contributed by atoms with E-state index in [9.17, 15) is 18.0 Å². The number of alkyl halides is 3. The number of carbonyl (C=O) groups is 1. The van der Waals surface area contributed by atoms with Crippen molar-refractivity contribution < 1.29 is 22.7 Å². The average molecular weight is 452 g/mol. The van der Waals surface area contributed by atoms with Crippen LogP contribution in [0, 0.1) is 0 Å². The van der Waals surface area contributed by atoms with Gasteiger partial charge in [-0.3, -0.25) is 9.78 Å². The predicted molar refractivity (Wildman–Crippen MR) is 108 cm³/mol. The lowest BCUT2D eigenvalue weighted by atomic mass is 10.1. The number of nitrogen functional groups attached to an aromatic ring is 1. The summed E-state index contributed by atoms with van der Waals surface area (Å²) in [6.45, 7) is 0. The molecule has 8 nitrogen and oxygen atoms in total. The van der Waals surface area contributed by atoms with Gasteiger partial charge in [-0.1, -0.05) is 23.5 Å². The van der Waals surface area contributed by atoms with E-state index in [4.69, 9.17) is 5.73 Å². The summed E-state index contributed by atoms with van der Waals surface area (Å²) in [6.07, 6.45) is 1.42. The van der Waals surface area contributed by atoms with Crippen molar-refractivity contribution in [2.45, 2.75) is 38.5 Å². The third-order valence-corrected chi connectivity index (χ3v) is 4.84. The normalized spacial score (nSPS) is 11.3. The van der Waals surface area contributed by atoms with E-state index in [1.807, 2.05) is 0 Å². The molecule has 0 aliphatic heterocycles. The number of halogens is 3. The Morgan fingerprint density at radius 3 is 2.61 bits per heavy atom. The lowest BCUT2D eigenvalue weighted by molar-refractivity contribution is -0.274. The third-order valence-electron chi connectivity index (χ3n) is 4.03. The number of carbonyl (C=O) groups excluding carboxylic acids is 1. The lowest BCUT2D eigenvalue weighted by Crippen LogP contribution is -2.18. The number of aromatic nitrogens is 4. The molecule has 0 fully saturated rings.